The fraction of sp³-hybridized carbons (Fsp3) is 0.579. The van der Waals surface area contributed by atoms with Gasteiger partial charge in [-0.3, -0.25) is 14.5 Å². The van der Waals surface area contributed by atoms with Gasteiger partial charge in [-0.2, -0.15) is 0 Å². The summed E-state index contributed by atoms with van der Waals surface area (Å²) in [6.07, 6.45) is 5.98. The number of carbonyl (C=O) groups is 3. The lowest BCUT2D eigenvalue weighted by atomic mass is 9.81. The largest absolute Gasteiger partial charge is 0.362 e. The predicted octanol–water partition coefficient (Wildman–Crippen LogP) is 1.36. The Hall–Kier alpha value is -2.64. The number of anilines is 1. The van der Waals surface area contributed by atoms with Crippen molar-refractivity contribution in [3.63, 3.8) is 0 Å². The summed E-state index contributed by atoms with van der Waals surface area (Å²) in [5.41, 5.74) is 0.118. The Bertz CT molecular complexity index is 743. The van der Waals surface area contributed by atoms with E-state index < -0.39 is 5.54 Å². The molecule has 1 saturated heterocycles. The standard InChI is InChI=1S/C19H27N5O3/c1-22(2)16-14(8-7-11-20-16)12-21-15(25)13-24-17(26)19(23(3)18(24)27)9-5-4-6-10-19/h7-8,11H,4-6,9-10,12-13H2,1-3H3,(H,21,25). The number of likely N-dealkylation sites (N-methyl/N-ethyl adjacent to an activating group) is 1. The molecule has 1 saturated carbocycles. The minimum Gasteiger partial charge on any atom is -0.362 e. The molecule has 0 atom stereocenters. The molecule has 0 aromatic carbocycles. The Kier molecular flexibility index (Phi) is 5.34. The molecule has 3 rings (SSSR count). The Morgan fingerprint density at radius 1 is 1.26 bits per heavy atom. The van der Waals surface area contributed by atoms with Crippen molar-refractivity contribution < 1.29 is 14.4 Å². The van der Waals surface area contributed by atoms with Crippen LogP contribution < -0.4 is 10.2 Å². The number of aromatic nitrogens is 1. The molecular weight excluding hydrogens is 346 g/mol. The Morgan fingerprint density at radius 3 is 2.63 bits per heavy atom. The molecule has 8 heteroatoms. The summed E-state index contributed by atoms with van der Waals surface area (Å²) >= 11 is 0. The van der Waals surface area contributed by atoms with Crippen LogP contribution in [0.2, 0.25) is 0 Å². The first-order valence-corrected chi connectivity index (χ1v) is 9.34. The summed E-state index contributed by atoms with van der Waals surface area (Å²) in [5.74, 6) is 0.179. The third-order valence-corrected chi connectivity index (χ3v) is 5.55. The van der Waals surface area contributed by atoms with E-state index >= 15 is 0 Å². The molecule has 1 aromatic rings. The third kappa shape index (κ3) is 3.48. The number of amides is 4. The summed E-state index contributed by atoms with van der Waals surface area (Å²) in [7, 11) is 5.44. The zero-order chi connectivity index (χ0) is 19.6. The number of imide groups is 1. The summed E-state index contributed by atoms with van der Waals surface area (Å²) < 4.78 is 0. The summed E-state index contributed by atoms with van der Waals surface area (Å²) in [4.78, 5) is 46.7. The van der Waals surface area contributed by atoms with Gasteiger partial charge in [-0.1, -0.05) is 25.3 Å². The molecule has 146 valence electrons. The van der Waals surface area contributed by atoms with Crippen molar-refractivity contribution in [1.29, 1.82) is 0 Å². The number of hydrogen-bond acceptors (Lipinski definition) is 5. The molecule has 27 heavy (non-hydrogen) atoms. The van der Waals surface area contributed by atoms with Crippen molar-refractivity contribution in [2.24, 2.45) is 0 Å². The van der Waals surface area contributed by atoms with E-state index in [1.54, 1.807) is 13.2 Å². The SMILES string of the molecule is CN(C)c1ncccc1CNC(=O)CN1C(=O)N(C)C2(CCCCC2)C1=O. The van der Waals surface area contributed by atoms with Crippen LogP contribution in [-0.2, 0) is 16.1 Å². The lowest BCUT2D eigenvalue weighted by Gasteiger charge is -2.35. The lowest BCUT2D eigenvalue weighted by Crippen LogP contribution is -2.49. The van der Waals surface area contributed by atoms with E-state index in [0.717, 1.165) is 35.5 Å². The number of rotatable bonds is 5. The summed E-state index contributed by atoms with van der Waals surface area (Å²) in [5, 5.41) is 2.80. The van der Waals surface area contributed by atoms with Gasteiger partial charge in [-0.25, -0.2) is 9.78 Å². The molecule has 0 unspecified atom stereocenters. The first-order chi connectivity index (χ1) is 12.9. The second-order valence-corrected chi connectivity index (χ2v) is 7.48. The molecule has 2 fully saturated rings. The molecule has 2 heterocycles. The van der Waals surface area contributed by atoms with Crippen LogP contribution in [0.3, 0.4) is 0 Å². The molecule has 1 aliphatic heterocycles. The van der Waals surface area contributed by atoms with Gasteiger partial charge in [0.1, 0.15) is 17.9 Å². The molecule has 2 aliphatic rings. The molecule has 4 amide bonds. The second-order valence-electron chi connectivity index (χ2n) is 7.48. The topological polar surface area (TPSA) is 85.8 Å². The second kappa shape index (κ2) is 7.54. The minimum atomic E-state index is -0.753. The highest BCUT2D eigenvalue weighted by atomic mass is 16.2. The zero-order valence-electron chi connectivity index (χ0n) is 16.2. The maximum Gasteiger partial charge on any atom is 0.327 e. The normalized spacial score (nSPS) is 18.9. The van der Waals surface area contributed by atoms with Gasteiger partial charge in [0.15, 0.2) is 0 Å². The lowest BCUT2D eigenvalue weighted by molar-refractivity contribution is -0.137. The highest BCUT2D eigenvalue weighted by Gasteiger charge is 2.55. The highest BCUT2D eigenvalue weighted by Crippen LogP contribution is 2.39. The molecule has 8 nitrogen and oxygen atoms in total. The quantitative estimate of drug-likeness (QED) is 0.788. The minimum absolute atomic E-state index is 0.236. The van der Waals surface area contributed by atoms with E-state index in [2.05, 4.69) is 10.3 Å². The van der Waals surface area contributed by atoms with E-state index in [4.69, 9.17) is 0 Å². The van der Waals surface area contributed by atoms with Crippen LogP contribution in [0.15, 0.2) is 18.3 Å². The fourth-order valence-electron chi connectivity index (χ4n) is 4.04. The van der Waals surface area contributed by atoms with Crippen molar-refractivity contribution in [3.8, 4) is 0 Å². The monoisotopic (exact) mass is 373 g/mol. The molecule has 1 N–H and O–H groups in total. The van der Waals surface area contributed by atoms with Gasteiger partial charge >= 0.3 is 6.03 Å². The number of nitrogens with zero attached hydrogens (tertiary/aromatic N) is 4. The van der Waals surface area contributed by atoms with Gasteiger partial charge in [-0.15, -0.1) is 0 Å². The van der Waals surface area contributed by atoms with E-state index in [1.807, 2.05) is 31.1 Å². The van der Waals surface area contributed by atoms with Crippen LogP contribution in [0.5, 0.6) is 0 Å². The maximum atomic E-state index is 12.9. The van der Waals surface area contributed by atoms with Gasteiger partial charge in [0.05, 0.1) is 0 Å². The first-order valence-electron chi connectivity index (χ1n) is 9.34. The number of carbonyl (C=O) groups excluding carboxylic acids is 3. The number of urea groups is 1. The smallest absolute Gasteiger partial charge is 0.327 e. The van der Waals surface area contributed by atoms with Crippen LogP contribution in [0.25, 0.3) is 0 Å². The molecule has 1 spiro atoms. The van der Waals surface area contributed by atoms with Gasteiger partial charge in [0.2, 0.25) is 5.91 Å². The Balaban J connectivity index is 1.64. The molecular formula is C19H27N5O3. The van der Waals surface area contributed by atoms with E-state index in [0.29, 0.717) is 12.8 Å². The zero-order valence-corrected chi connectivity index (χ0v) is 16.2. The molecule has 1 aliphatic carbocycles. The predicted molar refractivity (Wildman–Crippen MR) is 101 cm³/mol. The van der Waals surface area contributed by atoms with Crippen LogP contribution in [0.1, 0.15) is 37.7 Å². The third-order valence-electron chi connectivity index (χ3n) is 5.55. The maximum absolute atomic E-state index is 12.9. The summed E-state index contributed by atoms with van der Waals surface area (Å²) in [6.45, 7) is 0.0404. The van der Waals surface area contributed by atoms with E-state index in [1.165, 1.54) is 4.90 Å². The van der Waals surface area contributed by atoms with Crippen molar-refractivity contribution in [2.45, 2.75) is 44.2 Å². The van der Waals surface area contributed by atoms with Gasteiger partial charge in [0, 0.05) is 39.4 Å². The average molecular weight is 373 g/mol. The van der Waals surface area contributed by atoms with Gasteiger partial charge in [-0.05, 0) is 18.9 Å². The van der Waals surface area contributed by atoms with Crippen LogP contribution in [-0.4, -0.2) is 65.9 Å². The van der Waals surface area contributed by atoms with Crippen molar-refractivity contribution in [1.82, 2.24) is 20.1 Å². The van der Waals surface area contributed by atoms with Crippen molar-refractivity contribution >= 4 is 23.7 Å². The van der Waals surface area contributed by atoms with Crippen molar-refractivity contribution in [3.05, 3.63) is 23.9 Å². The molecule has 0 radical (unpaired) electrons. The number of pyridine rings is 1. The van der Waals surface area contributed by atoms with Crippen molar-refractivity contribution in [2.75, 3.05) is 32.6 Å². The van der Waals surface area contributed by atoms with E-state index in [9.17, 15) is 14.4 Å². The highest BCUT2D eigenvalue weighted by molar-refractivity contribution is 6.08. The van der Waals surface area contributed by atoms with E-state index in [-0.39, 0.29) is 30.9 Å². The number of hydrogen-bond donors (Lipinski definition) is 1. The summed E-state index contributed by atoms with van der Waals surface area (Å²) in [6, 6.07) is 3.32. The molecule has 1 aromatic heterocycles. The van der Waals surface area contributed by atoms with Gasteiger partial charge in [0.25, 0.3) is 5.91 Å². The molecule has 0 bridgehead atoms. The fourth-order valence-corrected chi connectivity index (χ4v) is 4.04. The Labute approximate surface area is 159 Å². The average Bonchev–Trinajstić information content (AvgIpc) is 2.83. The van der Waals surface area contributed by atoms with Crippen LogP contribution in [0.4, 0.5) is 10.6 Å². The first kappa shape index (κ1) is 19.1. The van der Waals surface area contributed by atoms with Gasteiger partial charge < -0.3 is 15.1 Å². The van der Waals surface area contributed by atoms with Crippen LogP contribution >= 0.6 is 0 Å². The van der Waals surface area contributed by atoms with Crippen LogP contribution in [0, 0.1) is 0 Å². The number of nitrogens with one attached hydrogen (secondary N) is 1. The Morgan fingerprint density at radius 2 is 1.96 bits per heavy atom.